The third-order valence-corrected chi connectivity index (χ3v) is 3.39. The molecular formula is C7H19NaO4P+. The summed E-state index contributed by atoms with van der Waals surface area (Å²) < 4.78 is 10.3. The van der Waals surface area contributed by atoms with Crippen LogP contribution in [0, 0.1) is 0 Å². The monoisotopic (exact) mass is 221 g/mol. The molecule has 0 aromatic heterocycles. The zero-order chi connectivity index (χ0) is 9.83. The van der Waals surface area contributed by atoms with Crippen LogP contribution in [-0.2, 0) is 9.47 Å². The molecule has 0 spiro atoms. The Labute approximate surface area is 104 Å². The van der Waals surface area contributed by atoms with Crippen molar-refractivity contribution in [2.45, 2.75) is 26.3 Å². The molecule has 0 unspecified atom stereocenters. The molecule has 0 bridgehead atoms. The van der Waals surface area contributed by atoms with Gasteiger partial charge in [0.25, 0.3) is 0 Å². The van der Waals surface area contributed by atoms with Crippen LogP contribution in [0.4, 0.5) is 0 Å². The molecule has 0 aliphatic heterocycles. The van der Waals surface area contributed by atoms with Crippen molar-refractivity contribution in [3.05, 3.63) is 0 Å². The predicted octanol–water partition coefficient (Wildman–Crippen LogP) is -1.69. The minimum atomic E-state index is -3.12. The maximum atomic E-state index is 9.42. The van der Waals surface area contributed by atoms with Crippen molar-refractivity contribution in [1.82, 2.24) is 0 Å². The van der Waals surface area contributed by atoms with Crippen LogP contribution >= 0.6 is 7.72 Å². The van der Waals surface area contributed by atoms with Gasteiger partial charge in [0.05, 0.1) is 13.2 Å². The molecule has 6 heteroatoms. The van der Waals surface area contributed by atoms with Crippen LogP contribution in [0.15, 0.2) is 0 Å². The molecule has 2 N–H and O–H groups in total. The quantitative estimate of drug-likeness (QED) is 0.330. The second-order valence-electron chi connectivity index (χ2n) is 2.68. The van der Waals surface area contributed by atoms with Crippen molar-refractivity contribution in [3.63, 3.8) is 0 Å². The van der Waals surface area contributed by atoms with E-state index in [4.69, 9.17) is 9.47 Å². The molecule has 0 fully saturated rings. The van der Waals surface area contributed by atoms with Crippen LogP contribution < -0.4 is 29.6 Å². The molecule has 0 atom stereocenters. The average Bonchev–Trinajstić information content (AvgIpc) is 1.86. The van der Waals surface area contributed by atoms with Gasteiger partial charge in [-0.1, -0.05) is 0 Å². The molecular weight excluding hydrogens is 202 g/mol. The summed E-state index contributed by atoms with van der Waals surface area (Å²) in [6.07, 6.45) is 0. The first kappa shape index (κ1) is 16.7. The van der Waals surface area contributed by atoms with Gasteiger partial charge >= 0.3 is 42.8 Å². The van der Waals surface area contributed by atoms with Crippen molar-refractivity contribution in [2.75, 3.05) is 19.9 Å². The van der Waals surface area contributed by atoms with E-state index in [-0.39, 0.29) is 31.0 Å². The van der Waals surface area contributed by atoms with Crippen molar-refractivity contribution in [2.24, 2.45) is 0 Å². The van der Waals surface area contributed by atoms with E-state index in [0.717, 1.165) is 0 Å². The molecule has 0 amide bonds. The Morgan fingerprint density at radius 3 is 1.69 bits per heavy atom. The van der Waals surface area contributed by atoms with Crippen LogP contribution in [-0.4, -0.2) is 35.2 Å². The molecule has 76 valence electrons. The summed E-state index contributed by atoms with van der Waals surface area (Å²) in [5.41, 5.74) is -1.24. The molecule has 0 rings (SSSR count). The van der Waals surface area contributed by atoms with Gasteiger partial charge < -0.3 is 10.9 Å². The molecule has 13 heavy (non-hydrogen) atoms. The summed E-state index contributed by atoms with van der Waals surface area (Å²) in [6.45, 7) is 7.26. The van der Waals surface area contributed by atoms with E-state index in [2.05, 4.69) is 0 Å². The molecule has 0 heterocycles. The molecule has 0 aliphatic carbocycles. The summed E-state index contributed by atoms with van der Waals surface area (Å²) in [6, 6.07) is 0. The van der Waals surface area contributed by atoms with Gasteiger partial charge in [0.15, 0.2) is 0 Å². The minimum absolute atomic E-state index is 0. The Morgan fingerprint density at radius 2 is 1.54 bits per heavy atom. The Bertz CT molecular complexity index is 136. The fourth-order valence-corrected chi connectivity index (χ4v) is 1.57. The molecule has 0 saturated heterocycles. The minimum Gasteiger partial charge on any atom is -1.00 e. The van der Waals surface area contributed by atoms with Crippen LogP contribution in [0.1, 0.15) is 22.2 Å². The van der Waals surface area contributed by atoms with E-state index in [9.17, 15) is 9.79 Å². The SMILES string of the molecule is CCOC(C)(OCC)[P+](C)(O)O.[H-].[Na+]. The average molecular weight is 221 g/mol. The van der Waals surface area contributed by atoms with Gasteiger partial charge in [0.1, 0.15) is 6.66 Å². The molecule has 0 aromatic rings. The number of hydrogen-bond donors (Lipinski definition) is 2. The first-order valence-corrected chi connectivity index (χ1v) is 6.11. The Kier molecular flexibility index (Phi) is 8.60. The summed E-state index contributed by atoms with van der Waals surface area (Å²) in [5.74, 6) is 0. The van der Waals surface area contributed by atoms with Crippen molar-refractivity contribution < 1.29 is 50.2 Å². The van der Waals surface area contributed by atoms with Crippen LogP contribution in [0.2, 0.25) is 0 Å². The molecule has 0 aromatic carbocycles. The Balaban J connectivity index is -0.000000605. The first-order chi connectivity index (χ1) is 5.37. The summed E-state index contributed by atoms with van der Waals surface area (Å²) >= 11 is 0. The number of hydrogen-bond acceptors (Lipinski definition) is 4. The standard InChI is InChI=1S/C7H18O4P.Na.H/c1-5-10-7(3,11-6-2)12(4,8)9;;/h8-9H,5-6H2,1-4H3;;/q2*+1;-1. The van der Waals surface area contributed by atoms with E-state index >= 15 is 0 Å². The van der Waals surface area contributed by atoms with Gasteiger partial charge in [-0.25, -0.2) is 9.79 Å². The largest absolute Gasteiger partial charge is 1.00 e. The van der Waals surface area contributed by atoms with E-state index in [1.807, 2.05) is 0 Å². The fourth-order valence-electron chi connectivity index (χ4n) is 0.822. The molecule has 0 radical (unpaired) electrons. The fraction of sp³-hybridized carbons (Fsp3) is 1.00. The smallest absolute Gasteiger partial charge is 1.00 e. The van der Waals surface area contributed by atoms with Crippen LogP contribution in [0.3, 0.4) is 0 Å². The zero-order valence-electron chi connectivity index (χ0n) is 10.1. The van der Waals surface area contributed by atoms with Gasteiger partial charge in [-0.15, -0.1) is 0 Å². The Hall–Kier alpha value is 1.27. The van der Waals surface area contributed by atoms with Crippen molar-refractivity contribution in [3.8, 4) is 0 Å². The second kappa shape index (κ2) is 6.70. The summed E-state index contributed by atoms with van der Waals surface area (Å²) in [7, 11) is -3.12. The van der Waals surface area contributed by atoms with Gasteiger partial charge in [0.2, 0.25) is 0 Å². The van der Waals surface area contributed by atoms with Crippen molar-refractivity contribution in [1.29, 1.82) is 0 Å². The first-order valence-electron chi connectivity index (χ1n) is 3.97. The van der Waals surface area contributed by atoms with Crippen LogP contribution in [0.25, 0.3) is 0 Å². The topological polar surface area (TPSA) is 58.9 Å². The summed E-state index contributed by atoms with van der Waals surface area (Å²) in [5, 5.41) is 0. The van der Waals surface area contributed by atoms with E-state index in [1.54, 1.807) is 20.8 Å². The Morgan fingerprint density at radius 1 is 1.23 bits per heavy atom. The van der Waals surface area contributed by atoms with Gasteiger partial charge in [-0.3, -0.25) is 0 Å². The van der Waals surface area contributed by atoms with Crippen molar-refractivity contribution >= 4 is 7.72 Å². The molecule has 4 nitrogen and oxygen atoms in total. The zero-order valence-corrected chi connectivity index (χ0v) is 12.0. The van der Waals surface area contributed by atoms with Crippen LogP contribution in [0.5, 0.6) is 0 Å². The van der Waals surface area contributed by atoms with E-state index in [0.29, 0.717) is 13.2 Å². The van der Waals surface area contributed by atoms with Gasteiger partial charge in [-0.2, -0.15) is 0 Å². The summed E-state index contributed by atoms with van der Waals surface area (Å²) in [4.78, 5) is 18.8. The third-order valence-electron chi connectivity index (χ3n) is 1.59. The van der Waals surface area contributed by atoms with E-state index < -0.39 is 13.2 Å². The molecule has 0 aliphatic rings. The van der Waals surface area contributed by atoms with Gasteiger partial charge in [0, 0.05) is 6.92 Å². The predicted molar refractivity (Wildman–Crippen MR) is 50.1 cm³/mol. The van der Waals surface area contributed by atoms with Gasteiger partial charge in [-0.05, 0) is 13.8 Å². The van der Waals surface area contributed by atoms with E-state index in [1.165, 1.54) is 6.66 Å². The normalized spacial score (nSPS) is 12.5. The second-order valence-corrected chi connectivity index (χ2v) is 5.32. The maximum Gasteiger partial charge on any atom is 1.00 e. The third kappa shape index (κ3) is 5.05. The number of rotatable bonds is 5. The maximum absolute atomic E-state index is 9.42. The number of ether oxygens (including phenoxy) is 2. The molecule has 0 saturated carbocycles.